The van der Waals surface area contributed by atoms with Gasteiger partial charge in [-0.3, -0.25) is 4.79 Å². The van der Waals surface area contributed by atoms with Crippen molar-refractivity contribution in [1.29, 1.82) is 0 Å². The summed E-state index contributed by atoms with van der Waals surface area (Å²) in [5, 5.41) is 2.83. The van der Waals surface area contributed by atoms with Crippen LogP contribution in [0.3, 0.4) is 0 Å². The van der Waals surface area contributed by atoms with Gasteiger partial charge in [-0.15, -0.1) is 0 Å². The van der Waals surface area contributed by atoms with Crippen LogP contribution in [-0.4, -0.2) is 24.7 Å². The molecule has 1 aromatic heterocycles. The molecule has 1 amide bonds. The highest BCUT2D eigenvalue weighted by Gasteiger charge is 2.40. The topological polar surface area (TPSA) is 79.6 Å². The zero-order valence-electron chi connectivity index (χ0n) is 17.0. The van der Waals surface area contributed by atoms with Crippen LogP contribution in [0.15, 0.2) is 70.2 Å². The summed E-state index contributed by atoms with van der Waals surface area (Å²) in [6, 6.07) is 15.7. The molecule has 7 heteroatoms. The van der Waals surface area contributed by atoms with Gasteiger partial charge in [-0.2, -0.15) is 4.31 Å². The van der Waals surface area contributed by atoms with Crippen LogP contribution in [0.5, 0.6) is 0 Å². The third kappa shape index (κ3) is 3.91. The minimum atomic E-state index is -3.88. The Bertz CT molecular complexity index is 1170. The lowest BCUT2D eigenvalue weighted by Gasteiger charge is -2.35. The molecule has 1 unspecified atom stereocenters. The summed E-state index contributed by atoms with van der Waals surface area (Å²) >= 11 is 0. The minimum absolute atomic E-state index is 0.157. The summed E-state index contributed by atoms with van der Waals surface area (Å²) < 4.78 is 33.9. The normalized spacial score (nSPS) is 16.8. The highest BCUT2D eigenvalue weighted by Crippen LogP contribution is 2.31. The summed E-state index contributed by atoms with van der Waals surface area (Å²) in [4.78, 5) is 13.3. The van der Waals surface area contributed by atoms with Gasteiger partial charge in [-0.05, 0) is 60.7 Å². The van der Waals surface area contributed by atoms with Crippen molar-refractivity contribution in [2.75, 3.05) is 0 Å². The van der Waals surface area contributed by atoms with E-state index in [4.69, 9.17) is 4.42 Å². The monoisotopic (exact) mass is 424 g/mol. The van der Waals surface area contributed by atoms with E-state index >= 15 is 0 Å². The van der Waals surface area contributed by atoms with Crippen LogP contribution >= 0.6 is 0 Å². The van der Waals surface area contributed by atoms with E-state index in [0.29, 0.717) is 17.7 Å². The van der Waals surface area contributed by atoms with Crippen molar-refractivity contribution in [3.05, 3.63) is 88.9 Å². The first-order chi connectivity index (χ1) is 14.4. The maximum Gasteiger partial charge on any atom is 0.244 e. The van der Waals surface area contributed by atoms with Gasteiger partial charge < -0.3 is 9.73 Å². The highest BCUT2D eigenvalue weighted by molar-refractivity contribution is 7.89. The molecular formula is C23H24N2O4S. The first kappa shape index (κ1) is 20.4. The Labute approximate surface area is 176 Å². The molecule has 3 aromatic rings. The van der Waals surface area contributed by atoms with Gasteiger partial charge in [0.25, 0.3) is 0 Å². The van der Waals surface area contributed by atoms with Crippen LogP contribution in [0.25, 0.3) is 0 Å². The van der Waals surface area contributed by atoms with Gasteiger partial charge in [0.15, 0.2) is 0 Å². The van der Waals surface area contributed by atoms with Crippen LogP contribution in [0.1, 0.15) is 28.0 Å². The lowest BCUT2D eigenvalue weighted by Crippen LogP contribution is -2.52. The number of sulfonamides is 1. The van der Waals surface area contributed by atoms with Crippen molar-refractivity contribution in [3.63, 3.8) is 0 Å². The van der Waals surface area contributed by atoms with Crippen LogP contribution in [0, 0.1) is 13.8 Å². The fourth-order valence-electron chi connectivity index (χ4n) is 3.79. The summed E-state index contributed by atoms with van der Waals surface area (Å²) in [6.45, 7) is 4.00. The number of carbonyl (C=O) groups excluding carboxylic acids is 1. The van der Waals surface area contributed by atoms with Gasteiger partial charge in [-0.1, -0.05) is 36.4 Å². The molecule has 0 saturated heterocycles. The number of hydrogen-bond acceptors (Lipinski definition) is 4. The van der Waals surface area contributed by atoms with Gasteiger partial charge >= 0.3 is 0 Å². The number of aryl methyl sites for hydroxylation is 2. The average molecular weight is 425 g/mol. The summed E-state index contributed by atoms with van der Waals surface area (Å²) in [7, 11) is -3.88. The fourth-order valence-corrected chi connectivity index (χ4v) is 5.67. The second-order valence-corrected chi connectivity index (χ2v) is 9.46. The Kier molecular flexibility index (Phi) is 5.49. The van der Waals surface area contributed by atoms with Crippen molar-refractivity contribution in [2.24, 2.45) is 0 Å². The molecule has 0 saturated carbocycles. The molecule has 30 heavy (non-hydrogen) atoms. The standard InChI is InChI=1S/C23H24N2O4S/c1-16-9-10-17(2)22(12-16)30(27,28)25-15-19-7-4-3-6-18(19)13-21(25)23(26)24-14-20-8-5-11-29-20/h3-12,21H,13-15H2,1-2H3,(H,24,26). The average Bonchev–Trinajstić information content (AvgIpc) is 3.26. The number of nitrogens with one attached hydrogen (secondary N) is 1. The zero-order valence-corrected chi connectivity index (χ0v) is 17.8. The smallest absolute Gasteiger partial charge is 0.244 e. The predicted molar refractivity (Wildman–Crippen MR) is 113 cm³/mol. The number of hydrogen-bond donors (Lipinski definition) is 1. The van der Waals surface area contributed by atoms with E-state index in [9.17, 15) is 13.2 Å². The number of rotatable bonds is 5. The molecule has 2 heterocycles. The summed E-state index contributed by atoms with van der Waals surface area (Å²) in [5.74, 6) is 0.276. The molecule has 1 N–H and O–H groups in total. The molecular weight excluding hydrogens is 400 g/mol. The zero-order chi connectivity index (χ0) is 21.3. The third-order valence-corrected chi connectivity index (χ3v) is 7.45. The Balaban J connectivity index is 1.70. The number of furan rings is 1. The molecule has 0 radical (unpaired) electrons. The number of benzene rings is 2. The van der Waals surface area contributed by atoms with Crippen molar-refractivity contribution in [3.8, 4) is 0 Å². The minimum Gasteiger partial charge on any atom is -0.467 e. The van der Waals surface area contributed by atoms with Gasteiger partial charge in [-0.25, -0.2) is 8.42 Å². The SMILES string of the molecule is Cc1ccc(C)c(S(=O)(=O)N2Cc3ccccc3CC2C(=O)NCc2ccco2)c1. The largest absolute Gasteiger partial charge is 0.467 e. The van der Waals surface area contributed by atoms with E-state index in [2.05, 4.69) is 5.32 Å². The van der Waals surface area contributed by atoms with E-state index < -0.39 is 16.1 Å². The van der Waals surface area contributed by atoms with Crippen LogP contribution in [0.4, 0.5) is 0 Å². The van der Waals surface area contributed by atoms with Crippen molar-refractivity contribution in [2.45, 2.75) is 44.3 Å². The van der Waals surface area contributed by atoms with Crippen LogP contribution in [0.2, 0.25) is 0 Å². The molecule has 0 fully saturated rings. The van der Waals surface area contributed by atoms with E-state index in [1.807, 2.05) is 37.3 Å². The van der Waals surface area contributed by atoms with Crippen molar-refractivity contribution < 1.29 is 17.6 Å². The summed E-state index contributed by atoms with van der Waals surface area (Å²) in [6.07, 6.45) is 1.86. The predicted octanol–water partition coefficient (Wildman–Crippen LogP) is 3.33. The highest BCUT2D eigenvalue weighted by atomic mass is 32.2. The quantitative estimate of drug-likeness (QED) is 0.681. The molecule has 0 spiro atoms. The van der Waals surface area contributed by atoms with Crippen LogP contribution < -0.4 is 5.32 Å². The molecule has 0 bridgehead atoms. The Morgan fingerprint density at radius 1 is 1.10 bits per heavy atom. The number of amides is 1. The second kappa shape index (κ2) is 8.08. The Morgan fingerprint density at radius 2 is 1.87 bits per heavy atom. The van der Waals surface area contributed by atoms with E-state index in [0.717, 1.165) is 16.7 Å². The molecule has 1 aliphatic heterocycles. The molecule has 4 rings (SSSR count). The second-order valence-electron chi connectivity index (χ2n) is 7.61. The van der Waals surface area contributed by atoms with E-state index in [1.165, 1.54) is 10.6 Å². The van der Waals surface area contributed by atoms with Gasteiger partial charge in [0, 0.05) is 6.54 Å². The third-order valence-electron chi connectivity index (χ3n) is 5.46. The lowest BCUT2D eigenvalue weighted by atomic mass is 9.95. The van der Waals surface area contributed by atoms with Crippen molar-refractivity contribution >= 4 is 15.9 Å². The summed E-state index contributed by atoms with van der Waals surface area (Å²) in [5.41, 5.74) is 3.43. The Hall–Kier alpha value is -2.90. The molecule has 156 valence electrons. The van der Waals surface area contributed by atoms with E-state index in [-0.39, 0.29) is 23.9 Å². The van der Waals surface area contributed by atoms with Gasteiger partial charge in [0.05, 0.1) is 17.7 Å². The number of carbonyl (C=O) groups is 1. The molecule has 1 aliphatic rings. The van der Waals surface area contributed by atoms with Gasteiger partial charge in [0.1, 0.15) is 11.8 Å². The molecule has 6 nitrogen and oxygen atoms in total. The van der Waals surface area contributed by atoms with Crippen LogP contribution in [-0.2, 0) is 34.3 Å². The maximum absolute atomic E-state index is 13.6. The van der Waals surface area contributed by atoms with E-state index in [1.54, 1.807) is 31.2 Å². The Morgan fingerprint density at radius 3 is 2.60 bits per heavy atom. The number of nitrogens with zero attached hydrogens (tertiary/aromatic N) is 1. The molecule has 2 aromatic carbocycles. The van der Waals surface area contributed by atoms with Gasteiger partial charge in [0.2, 0.25) is 15.9 Å². The van der Waals surface area contributed by atoms with Crippen molar-refractivity contribution in [1.82, 2.24) is 9.62 Å². The molecule has 1 atom stereocenters. The molecule has 0 aliphatic carbocycles. The number of fused-ring (bicyclic) bond motifs is 1. The first-order valence-corrected chi connectivity index (χ1v) is 11.3. The fraction of sp³-hybridized carbons (Fsp3) is 0.261. The lowest BCUT2D eigenvalue weighted by molar-refractivity contribution is -0.125. The first-order valence-electron chi connectivity index (χ1n) is 9.82. The maximum atomic E-state index is 13.6.